The highest BCUT2D eigenvalue weighted by Gasteiger charge is 2.12. The maximum absolute atomic E-state index is 5.73. The van der Waals surface area contributed by atoms with Crippen LogP contribution in [0.5, 0.6) is 5.75 Å². The van der Waals surface area contributed by atoms with Gasteiger partial charge in [-0.3, -0.25) is 0 Å². The van der Waals surface area contributed by atoms with Gasteiger partial charge in [-0.2, -0.15) is 4.98 Å². The second-order valence-electron chi connectivity index (χ2n) is 2.60. The summed E-state index contributed by atoms with van der Waals surface area (Å²) in [6.07, 6.45) is 0. The van der Waals surface area contributed by atoms with Crippen molar-refractivity contribution in [3.8, 4) is 5.75 Å². The molecular formula is C8H7ClN2O2. The zero-order chi connectivity index (χ0) is 9.42. The number of nitrogens with zero attached hydrogens (tertiary/aromatic N) is 2. The van der Waals surface area contributed by atoms with Gasteiger partial charge in [0.15, 0.2) is 0 Å². The SMILES string of the molecule is COc1cc(Cl)nc2onc(C)c12. The van der Waals surface area contributed by atoms with Gasteiger partial charge >= 0.3 is 0 Å². The molecule has 0 fully saturated rings. The van der Waals surface area contributed by atoms with Crippen LogP contribution in [-0.4, -0.2) is 17.3 Å². The molecule has 2 aromatic heterocycles. The lowest BCUT2D eigenvalue weighted by Crippen LogP contribution is -1.86. The lowest BCUT2D eigenvalue weighted by Gasteiger charge is -2.00. The van der Waals surface area contributed by atoms with Gasteiger partial charge in [-0.25, -0.2) is 0 Å². The molecule has 2 rings (SSSR count). The summed E-state index contributed by atoms with van der Waals surface area (Å²) in [4.78, 5) is 3.96. The molecule has 0 unspecified atom stereocenters. The normalized spacial score (nSPS) is 10.7. The molecule has 0 amide bonds. The van der Waals surface area contributed by atoms with E-state index in [-0.39, 0.29) is 0 Å². The molecule has 0 bridgehead atoms. The summed E-state index contributed by atoms with van der Waals surface area (Å²) in [7, 11) is 1.57. The van der Waals surface area contributed by atoms with Crippen LogP contribution >= 0.6 is 11.6 Å². The molecule has 0 saturated heterocycles. The van der Waals surface area contributed by atoms with Gasteiger partial charge in [0, 0.05) is 6.07 Å². The van der Waals surface area contributed by atoms with Crippen molar-refractivity contribution in [3.05, 3.63) is 16.9 Å². The Balaban J connectivity index is 2.85. The van der Waals surface area contributed by atoms with Gasteiger partial charge in [-0.15, -0.1) is 0 Å². The third-order valence-electron chi connectivity index (χ3n) is 1.77. The molecule has 0 saturated carbocycles. The van der Waals surface area contributed by atoms with Crippen LogP contribution in [0.3, 0.4) is 0 Å². The predicted molar refractivity (Wildman–Crippen MR) is 48.1 cm³/mol. The minimum Gasteiger partial charge on any atom is -0.496 e. The maximum Gasteiger partial charge on any atom is 0.263 e. The van der Waals surface area contributed by atoms with Crippen LogP contribution < -0.4 is 4.74 Å². The van der Waals surface area contributed by atoms with Crippen LogP contribution in [0.2, 0.25) is 5.15 Å². The highest BCUT2D eigenvalue weighted by Crippen LogP contribution is 2.29. The molecule has 13 heavy (non-hydrogen) atoms. The Kier molecular flexibility index (Phi) is 1.84. The zero-order valence-corrected chi connectivity index (χ0v) is 7.92. The Labute approximate surface area is 79.4 Å². The first kappa shape index (κ1) is 8.31. The standard InChI is InChI=1S/C8H7ClN2O2/c1-4-7-5(12-2)3-6(9)10-8(7)13-11-4/h3H,1-2H3. The summed E-state index contributed by atoms with van der Waals surface area (Å²) in [5, 5.41) is 4.87. The number of pyridine rings is 1. The number of halogens is 1. The number of hydrogen-bond donors (Lipinski definition) is 0. The molecule has 4 nitrogen and oxygen atoms in total. The monoisotopic (exact) mass is 198 g/mol. The van der Waals surface area contributed by atoms with Crippen molar-refractivity contribution in [3.63, 3.8) is 0 Å². The number of ether oxygens (including phenoxy) is 1. The fourth-order valence-electron chi connectivity index (χ4n) is 1.19. The number of fused-ring (bicyclic) bond motifs is 1. The van der Waals surface area contributed by atoms with Crippen molar-refractivity contribution in [2.75, 3.05) is 7.11 Å². The van der Waals surface area contributed by atoms with Gasteiger partial charge in [0.25, 0.3) is 5.71 Å². The van der Waals surface area contributed by atoms with Crippen molar-refractivity contribution in [1.29, 1.82) is 0 Å². The van der Waals surface area contributed by atoms with E-state index in [0.717, 1.165) is 11.1 Å². The number of hydrogen-bond acceptors (Lipinski definition) is 4. The van der Waals surface area contributed by atoms with Crippen LogP contribution in [-0.2, 0) is 0 Å². The summed E-state index contributed by atoms with van der Waals surface area (Å²) in [5.74, 6) is 0.633. The van der Waals surface area contributed by atoms with Gasteiger partial charge in [0.1, 0.15) is 16.3 Å². The Morgan fingerprint density at radius 1 is 1.54 bits per heavy atom. The van der Waals surface area contributed by atoms with E-state index in [9.17, 15) is 0 Å². The van der Waals surface area contributed by atoms with E-state index in [0.29, 0.717) is 16.6 Å². The van der Waals surface area contributed by atoms with Crippen molar-refractivity contribution in [2.45, 2.75) is 6.92 Å². The zero-order valence-electron chi connectivity index (χ0n) is 7.17. The molecule has 2 aromatic rings. The third kappa shape index (κ3) is 1.23. The quantitative estimate of drug-likeness (QED) is 0.659. The van der Waals surface area contributed by atoms with Gasteiger partial charge < -0.3 is 9.26 Å². The first-order valence-electron chi connectivity index (χ1n) is 3.69. The number of aromatic nitrogens is 2. The molecule has 0 atom stereocenters. The largest absolute Gasteiger partial charge is 0.496 e. The fourth-order valence-corrected chi connectivity index (χ4v) is 1.36. The molecule has 0 radical (unpaired) electrons. The summed E-state index contributed by atoms with van der Waals surface area (Å²) >= 11 is 5.73. The van der Waals surface area contributed by atoms with E-state index in [4.69, 9.17) is 20.9 Å². The highest BCUT2D eigenvalue weighted by molar-refractivity contribution is 6.30. The Morgan fingerprint density at radius 3 is 3.00 bits per heavy atom. The molecular weight excluding hydrogens is 192 g/mol. The van der Waals surface area contributed by atoms with Crippen molar-refractivity contribution in [1.82, 2.24) is 10.1 Å². The maximum atomic E-state index is 5.73. The molecule has 0 aliphatic rings. The summed E-state index contributed by atoms with van der Waals surface area (Å²) in [5.41, 5.74) is 1.15. The molecule has 0 aliphatic heterocycles. The van der Waals surface area contributed by atoms with Crippen LogP contribution in [0.4, 0.5) is 0 Å². The first-order valence-corrected chi connectivity index (χ1v) is 4.06. The third-order valence-corrected chi connectivity index (χ3v) is 1.96. The Morgan fingerprint density at radius 2 is 2.31 bits per heavy atom. The average molecular weight is 199 g/mol. The molecule has 0 spiro atoms. The van der Waals surface area contributed by atoms with Crippen molar-refractivity contribution < 1.29 is 9.26 Å². The average Bonchev–Trinajstić information content (AvgIpc) is 2.46. The van der Waals surface area contributed by atoms with E-state index in [1.807, 2.05) is 6.92 Å². The van der Waals surface area contributed by atoms with Crippen LogP contribution in [0.15, 0.2) is 10.6 Å². The second kappa shape index (κ2) is 2.88. The predicted octanol–water partition coefficient (Wildman–Crippen LogP) is 2.19. The Bertz CT molecular complexity index is 453. The smallest absolute Gasteiger partial charge is 0.263 e. The minimum atomic E-state index is 0.334. The van der Waals surface area contributed by atoms with Gasteiger partial charge in [0.2, 0.25) is 0 Å². The molecule has 2 heterocycles. The van der Waals surface area contributed by atoms with Crippen molar-refractivity contribution in [2.24, 2.45) is 0 Å². The summed E-state index contributed by atoms with van der Waals surface area (Å²) in [6.45, 7) is 1.82. The number of rotatable bonds is 1. The Hall–Kier alpha value is -1.29. The molecule has 5 heteroatoms. The van der Waals surface area contributed by atoms with Crippen LogP contribution in [0.25, 0.3) is 11.1 Å². The molecule has 0 aliphatic carbocycles. The number of methoxy groups -OCH3 is 1. The first-order chi connectivity index (χ1) is 6.22. The molecule has 0 aromatic carbocycles. The number of aryl methyl sites for hydroxylation is 1. The van der Waals surface area contributed by atoms with E-state index >= 15 is 0 Å². The second-order valence-corrected chi connectivity index (χ2v) is 2.98. The molecule has 68 valence electrons. The topological polar surface area (TPSA) is 48.2 Å². The van der Waals surface area contributed by atoms with Gasteiger partial charge in [-0.05, 0) is 6.92 Å². The van der Waals surface area contributed by atoms with Gasteiger partial charge in [0.05, 0.1) is 12.8 Å². The molecule has 0 N–H and O–H groups in total. The lowest BCUT2D eigenvalue weighted by atomic mass is 10.2. The van der Waals surface area contributed by atoms with Crippen LogP contribution in [0.1, 0.15) is 5.69 Å². The van der Waals surface area contributed by atoms with Crippen LogP contribution in [0, 0.1) is 6.92 Å². The van der Waals surface area contributed by atoms with E-state index in [1.54, 1.807) is 13.2 Å². The minimum absolute atomic E-state index is 0.334. The van der Waals surface area contributed by atoms with E-state index in [2.05, 4.69) is 10.1 Å². The van der Waals surface area contributed by atoms with E-state index in [1.165, 1.54) is 0 Å². The highest BCUT2D eigenvalue weighted by atomic mass is 35.5. The fraction of sp³-hybridized carbons (Fsp3) is 0.250. The summed E-state index contributed by atoms with van der Waals surface area (Å²) in [6, 6.07) is 1.63. The summed E-state index contributed by atoms with van der Waals surface area (Å²) < 4.78 is 10.1. The lowest BCUT2D eigenvalue weighted by molar-refractivity contribution is 0.418. The van der Waals surface area contributed by atoms with Gasteiger partial charge in [-0.1, -0.05) is 16.8 Å². The van der Waals surface area contributed by atoms with E-state index < -0.39 is 0 Å². The van der Waals surface area contributed by atoms with Crippen molar-refractivity contribution >= 4 is 22.7 Å².